The molecule has 0 radical (unpaired) electrons. The van der Waals surface area contributed by atoms with Crippen LogP contribution in [0.1, 0.15) is 6.23 Å². The van der Waals surface area contributed by atoms with Crippen LogP contribution in [0.2, 0.25) is 0 Å². The van der Waals surface area contributed by atoms with Crippen molar-refractivity contribution in [3.8, 4) is 0 Å². The Labute approximate surface area is 101 Å². The van der Waals surface area contributed by atoms with Gasteiger partial charge in [0, 0.05) is 18.2 Å². The number of aliphatic hydroxyl groups excluding tert-OH is 3. The number of aliphatic hydroxyl groups is 3. The summed E-state index contributed by atoms with van der Waals surface area (Å²) in [6.07, 6.45) is -1.74. The van der Waals surface area contributed by atoms with E-state index in [0.29, 0.717) is 0 Å². The second-order valence-electron chi connectivity index (χ2n) is 4.10. The largest absolute Gasteiger partial charge is 0.396 e. The third-order valence-electron chi connectivity index (χ3n) is 3.04. The molecule has 1 saturated heterocycles. The molecule has 4 N–H and O–H groups in total. The zero-order valence-electron chi connectivity index (χ0n) is 9.39. The van der Waals surface area contributed by atoms with Crippen LogP contribution in [0.25, 0.3) is 0 Å². The van der Waals surface area contributed by atoms with Crippen LogP contribution in [0, 0.1) is 5.92 Å². The van der Waals surface area contributed by atoms with Crippen molar-refractivity contribution < 1.29 is 20.1 Å². The summed E-state index contributed by atoms with van der Waals surface area (Å²) < 4.78 is 6.33. The number of nitrogens with one attached hydrogen (secondary N) is 1. The fourth-order valence-electron chi connectivity index (χ4n) is 2.05. The Morgan fingerprint density at radius 3 is 2.56 bits per heavy atom. The highest BCUT2D eigenvalue weighted by Crippen LogP contribution is 2.32. The van der Waals surface area contributed by atoms with Crippen LogP contribution in [0.5, 0.6) is 0 Å². The van der Waals surface area contributed by atoms with Gasteiger partial charge in [0.15, 0.2) is 6.23 Å². The molecule has 18 heavy (non-hydrogen) atoms. The highest BCUT2D eigenvalue weighted by Gasteiger charge is 2.44. The van der Waals surface area contributed by atoms with Gasteiger partial charge in [-0.05, 0) is 0 Å². The maximum absolute atomic E-state index is 11.6. The predicted octanol–water partition coefficient (Wildman–Crippen LogP) is -2.60. The normalized spacial score (nSPS) is 31.7. The molecule has 8 nitrogen and oxygen atoms in total. The zero-order valence-corrected chi connectivity index (χ0v) is 9.39. The fraction of sp³-hybridized carbons (Fsp3) is 0.600. The molecule has 0 unspecified atom stereocenters. The van der Waals surface area contributed by atoms with Crippen molar-refractivity contribution >= 4 is 0 Å². The molecule has 100 valence electrons. The summed E-state index contributed by atoms with van der Waals surface area (Å²) >= 11 is 0. The minimum absolute atomic E-state index is 0.374. The first-order valence-electron chi connectivity index (χ1n) is 5.45. The Bertz CT molecular complexity index is 524. The lowest BCUT2D eigenvalue weighted by molar-refractivity contribution is -0.0538. The summed E-state index contributed by atoms with van der Waals surface area (Å²) in [5, 5.41) is 28.1. The monoisotopic (exact) mass is 258 g/mol. The van der Waals surface area contributed by atoms with Crippen LogP contribution in [-0.4, -0.2) is 50.3 Å². The van der Waals surface area contributed by atoms with Gasteiger partial charge in [-0.15, -0.1) is 0 Å². The molecule has 1 aromatic heterocycles. The Morgan fingerprint density at radius 1 is 1.33 bits per heavy atom. The predicted molar refractivity (Wildman–Crippen MR) is 58.9 cm³/mol. The van der Waals surface area contributed by atoms with Gasteiger partial charge in [-0.2, -0.15) is 0 Å². The first-order valence-corrected chi connectivity index (χ1v) is 5.45. The van der Waals surface area contributed by atoms with E-state index < -0.39 is 35.6 Å². The van der Waals surface area contributed by atoms with E-state index in [2.05, 4.69) is 0 Å². The van der Waals surface area contributed by atoms with Crippen LogP contribution in [0.4, 0.5) is 0 Å². The lowest BCUT2D eigenvalue weighted by Crippen LogP contribution is -2.36. The standard InChI is InChI=1S/C10H14N2O6/c13-3-5-6(4-14)18-9(8(5)16)12-2-1-7(15)11-10(12)17/h1-2,5-6,8-9,13-14,16H,3-4H2,(H,11,15,17)/t5-,6-,8-,9-/m0/s1. The van der Waals surface area contributed by atoms with Gasteiger partial charge in [-0.3, -0.25) is 14.3 Å². The Hall–Kier alpha value is -1.48. The highest BCUT2D eigenvalue weighted by atomic mass is 16.5. The SMILES string of the molecule is O=c1ccn([C@H]2O[C@@H](CO)[C@H](CO)[C@@H]2O)c(=O)[nH]1. The maximum Gasteiger partial charge on any atom is 0.330 e. The van der Waals surface area contributed by atoms with Crippen molar-refractivity contribution in [2.24, 2.45) is 5.92 Å². The van der Waals surface area contributed by atoms with Gasteiger partial charge in [0.05, 0.1) is 19.3 Å². The minimum atomic E-state index is -1.14. The molecule has 0 spiro atoms. The number of hydrogen-bond acceptors (Lipinski definition) is 6. The minimum Gasteiger partial charge on any atom is -0.396 e. The molecule has 0 aromatic carbocycles. The molecule has 1 aliphatic rings. The van der Waals surface area contributed by atoms with Gasteiger partial charge in [0.25, 0.3) is 5.56 Å². The van der Waals surface area contributed by atoms with Crippen molar-refractivity contribution in [1.29, 1.82) is 0 Å². The molecule has 8 heteroatoms. The molecule has 0 aliphatic carbocycles. The zero-order chi connectivity index (χ0) is 13.3. The van der Waals surface area contributed by atoms with Crippen LogP contribution in [0.15, 0.2) is 21.9 Å². The maximum atomic E-state index is 11.6. The highest BCUT2D eigenvalue weighted by molar-refractivity contribution is 4.92. The van der Waals surface area contributed by atoms with Crippen molar-refractivity contribution in [2.75, 3.05) is 13.2 Å². The van der Waals surface area contributed by atoms with E-state index in [1.54, 1.807) is 0 Å². The van der Waals surface area contributed by atoms with Gasteiger partial charge >= 0.3 is 5.69 Å². The average molecular weight is 258 g/mol. The molecule has 0 saturated carbocycles. The van der Waals surface area contributed by atoms with Crippen LogP contribution >= 0.6 is 0 Å². The number of H-pyrrole nitrogens is 1. The van der Waals surface area contributed by atoms with E-state index in [0.717, 1.165) is 10.6 Å². The molecule has 4 atom stereocenters. The van der Waals surface area contributed by atoms with Crippen molar-refractivity contribution in [2.45, 2.75) is 18.4 Å². The first kappa shape index (κ1) is 13.0. The van der Waals surface area contributed by atoms with Gasteiger partial charge in [0.2, 0.25) is 0 Å². The second-order valence-corrected chi connectivity index (χ2v) is 4.10. The summed E-state index contributed by atoms with van der Waals surface area (Å²) in [7, 11) is 0. The quantitative estimate of drug-likeness (QED) is 0.471. The topological polar surface area (TPSA) is 125 Å². The van der Waals surface area contributed by atoms with Crippen LogP contribution in [0.3, 0.4) is 0 Å². The first-order chi connectivity index (χ1) is 8.58. The number of ether oxygens (including phenoxy) is 1. The Kier molecular flexibility index (Phi) is 3.62. The van der Waals surface area contributed by atoms with E-state index >= 15 is 0 Å². The lowest BCUT2D eigenvalue weighted by atomic mass is 9.99. The smallest absolute Gasteiger partial charge is 0.330 e. The van der Waals surface area contributed by atoms with E-state index in [1.807, 2.05) is 4.98 Å². The number of aromatic nitrogens is 2. The summed E-state index contributed by atoms with van der Waals surface area (Å²) in [6.45, 7) is -0.752. The number of aromatic amines is 1. The Morgan fingerprint density at radius 2 is 2.06 bits per heavy atom. The fourth-order valence-corrected chi connectivity index (χ4v) is 2.05. The van der Waals surface area contributed by atoms with Crippen molar-refractivity contribution in [3.05, 3.63) is 33.1 Å². The van der Waals surface area contributed by atoms with Gasteiger partial charge in [-0.25, -0.2) is 4.79 Å². The van der Waals surface area contributed by atoms with E-state index in [1.165, 1.54) is 6.20 Å². The van der Waals surface area contributed by atoms with Gasteiger partial charge < -0.3 is 20.1 Å². The molecular weight excluding hydrogens is 244 g/mol. The van der Waals surface area contributed by atoms with E-state index in [9.17, 15) is 14.7 Å². The van der Waals surface area contributed by atoms with E-state index in [-0.39, 0.29) is 13.2 Å². The molecule has 0 bridgehead atoms. The average Bonchev–Trinajstić information content (AvgIpc) is 2.66. The van der Waals surface area contributed by atoms with Crippen LogP contribution in [-0.2, 0) is 4.74 Å². The lowest BCUT2D eigenvalue weighted by Gasteiger charge is -2.17. The molecule has 2 rings (SSSR count). The second kappa shape index (κ2) is 5.02. The molecule has 1 fully saturated rings. The number of rotatable bonds is 3. The molecule has 1 aliphatic heterocycles. The summed E-state index contributed by atoms with van der Waals surface area (Å²) in [5.74, 6) is -0.682. The summed E-state index contributed by atoms with van der Waals surface area (Å²) in [5.41, 5.74) is -1.28. The summed E-state index contributed by atoms with van der Waals surface area (Å²) in [6, 6.07) is 1.12. The third-order valence-corrected chi connectivity index (χ3v) is 3.04. The van der Waals surface area contributed by atoms with Crippen molar-refractivity contribution in [1.82, 2.24) is 9.55 Å². The third kappa shape index (κ3) is 2.10. The van der Waals surface area contributed by atoms with Gasteiger partial charge in [-0.1, -0.05) is 0 Å². The molecule has 0 amide bonds. The number of nitrogens with zero attached hydrogens (tertiary/aromatic N) is 1. The molecular formula is C10H14N2O6. The van der Waals surface area contributed by atoms with Gasteiger partial charge in [0.1, 0.15) is 6.10 Å². The summed E-state index contributed by atoms with van der Waals surface area (Å²) in [4.78, 5) is 24.5. The van der Waals surface area contributed by atoms with E-state index in [4.69, 9.17) is 14.9 Å². The van der Waals surface area contributed by atoms with Crippen LogP contribution < -0.4 is 11.2 Å². The Balaban J connectivity index is 2.34. The molecule has 2 heterocycles. The number of hydrogen-bond donors (Lipinski definition) is 4. The van der Waals surface area contributed by atoms with Crippen molar-refractivity contribution in [3.63, 3.8) is 0 Å². The molecule has 1 aromatic rings.